The van der Waals surface area contributed by atoms with Gasteiger partial charge in [-0.1, -0.05) is 12.2 Å². The lowest BCUT2D eigenvalue weighted by Gasteiger charge is -2.17. The molecule has 17 heavy (non-hydrogen) atoms. The Morgan fingerprint density at radius 1 is 1.24 bits per heavy atom. The second-order valence-corrected chi connectivity index (χ2v) is 4.15. The summed E-state index contributed by atoms with van der Waals surface area (Å²) in [5.41, 5.74) is 2.30. The average Bonchev–Trinajstić information content (AvgIpc) is 2.82. The van der Waals surface area contributed by atoms with Gasteiger partial charge in [0.15, 0.2) is 0 Å². The lowest BCUT2D eigenvalue weighted by atomic mass is 10.0. The predicted octanol–water partition coefficient (Wildman–Crippen LogP) is 2.56. The van der Waals surface area contributed by atoms with E-state index in [-0.39, 0.29) is 0 Å². The Morgan fingerprint density at radius 3 is 2.76 bits per heavy atom. The molecule has 3 heteroatoms. The second kappa shape index (κ2) is 4.09. The lowest BCUT2D eigenvalue weighted by molar-refractivity contribution is 0.368. The monoisotopic (exact) mass is 226 g/mol. The first-order chi connectivity index (χ1) is 8.36. The van der Waals surface area contributed by atoms with Gasteiger partial charge >= 0.3 is 0 Å². The normalized spacial score (nSPS) is 21.4. The Labute approximate surface area is 101 Å². The highest BCUT2D eigenvalue weighted by molar-refractivity contribution is 6.02. The van der Waals surface area contributed by atoms with Gasteiger partial charge in [-0.3, -0.25) is 5.01 Å². The van der Waals surface area contributed by atoms with Crippen molar-refractivity contribution in [2.75, 3.05) is 7.11 Å². The number of benzene rings is 1. The molecule has 0 radical (unpaired) electrons. The molecule has 0 saturated heterocycles. The fourth-order valence-electron chi connectivity index (χ4n) is 2.14. The Bertz CT molecular complexity index is 499. The maximum Gasteiger partial charge on any atom is 0.118 e. The van der Waals surface area contributed by atoms with Gasteiger partial charge in [0, 0.05) is 12.6 Å². The van der Waals surface area contributed by atoms with E-state index in [0.717, 1.165) is 17.9 Å². The number of rotatable bonds is 2. The van der Waals surface area contributed by atoms with E-state index in [2.05, 4.69) is 29.4 Å². The number of fused-ring (bicyclic) bond motifs is 1. The van der Waals surface area contributed by atoms with Crippen molar-refractivity contribution in [3.05, 3.63) is 54.3 Å². The largest absolute Gasteiger partial charge is 0.497 e. The zero-order valence-electron chi connectivity index (χ0n) is 9.71. The van der Waals surface area contributed by atoms with Crippen LogP contribution in [0.15, 0.2) is 53.8 Å². The Morgan fingerprint density at radius 2 is 2.06 bits per heavy atom. The van der Waals surface area contributed by atoms with Gasteiger partial charge in [0.2, 0.25) is 0 Å². The van der Waals surface area contributed by atoms with Gasteiger partial charge in [-0.2, -0.15) is 5.10 Å². The molecule has 1 unspecified atom stereocenters. The Hall–Kier alpha value is -2.03. The Balaban J connectivity index is 1.85. The van der Waals surface area contributed by atoms with Crippen molar-refractivity contribution >= 4 is 5.71 Å². The lowest BCUT2D eigenvalue weighted by Crippen LogP contribution is -2.20. The topological polar surface area (TPSA) is 24.8 Å². The van der Waals surface area contributed by atoms with Gasteiger partial charge in [0.25, 0.3) is 0 Å². The van der Waals surface area contributed by atoms with Crippen LogP contribution in [0.5, 0.6) is 5.75 Å². The van der Waals surface area contributed by atoms with Crippen LogP contribution in [0.3, 0.4) is 0 Å². The van der Waals surface area contributed by atoms with E-state index in [1.54, 1.807) is 7.11 Å². The van der Waals surface area contributed by atoms with E-state index in [1.165, 1.54) is 5.56 Å². The quantitative estimate of drug-likeness (QED) is 0.774. The van der Waals surface area contributed by atoms with E-state index in [0.29, 0.717) is 6.04 Å². The number of nitrogens with zero attached hydrogens (tertiary/aromatic N) is 2. The van der Waals surface area contributed by atoms with E-state index < -0.39 is 0 Å². The van der Waals surface area contributed by atoms with E-state index >= 15 is 0 Å². The van der Waals surface area contributed by atoms with Gasteiger partial charge < -0.3 is 4.74 Å². The molecule has 1 aromatic carbocycles. The number of ether oxygens (including phenoxy) is 1. The fourth-order valence-corrected chi connectivity index (χ4v) is 2.14. The summed E-state index contributed by atoms with van der Waals surface area (Å²) < 4.78 is 5.15. The highest BCUT2D eigenvalue weighted by atomic mass is 16.5. The van der Waals surface area contributed by atoms with Crippen molar-refractivity contribution in [1.82, 2.24) is 5.01 Å². The molecule has 1 atom stereocenters. The van der Waals surface area contributed by atoms with Crippen LogP contribution in [0.4, 0.5) is 0 Å². The van der Waals surface area contributed by atoms with Crippen molar-refractivity contribution in [1.29, 1.82) is 0 Å². The third kappa shape index (κ3) is 1.84. The molecule has 86 valence electrons. The van der Waals surface area contributed by atoms with Gasteiger partial charge in [0.1, 0.15) is 5.75 Å². The van der Waals surface area contributed by atoms with Crippen LogP contribution >= 0.6 is 0 Å². The van der Waals surface area contributed by atoms with Crippen LogP contribution in [0.2, 0.25) is 0 Å². The number of allylic oxidation sites excluding steroid dienone is 2. The third-order valence-electron chi connectivity index (χ3n) is 3.08. The molecule has 0 aliphatic carbocycles. The minimum absolute atomic E-state index is 0.386. The molecule has 0 bridgehead atoms. The maximum absolute atomic E-state index is 5.15. The molecule has 0 saturated carbocycles. The molecule has 0 N–H and O–H groups in total. The standard InChI is InChI=1S/C14H14N2O/c1-17-13-7-5-11(6-8-13)14-10-12-4-2-3-9-16(12)15-14/h2-9,12H,10H2,1H3. The van der Waals surface area contributed by atoms with Crippen LogP contribution in [-0.4, -0.2) is 23.9 Å². The molecular formula is C14H14N2O. The summed E-state index contributed by atoms with van der Waals surface area (Å²) in [7, 11) is 1.68. The minimum Gasteiger partial charge on any atom is -0.497 e. The van der Waals surface area contributed by atoms with Crippen molar-refractivity contribution in [3.8, 4) is 5.75 Å². The fraction of sp³-hybridized carbons (Fsp3) is 0.214. The first-order valence-electron chi connectivity index (χ1n) is 5.72. The number of hydrogen-bond acceptors (Lipinski definition) is 3. The summed E-state index contributed by atoms with van der Waals surface area (Å²) in [4.78, 5) is 0. The smallest absolute Gasteiger partial charge is 0.118 e. The van der Waals surface area contributed by atoms with Crippen molar-refractivity contribution < 1.29 is 4.74 Å². The summed E-state index contributed by atoms with van der Waals surface area (Å²) in [6.07, 6.45) is 9.25. The van der Waals surface area contributed by atoms with Crippen LogP contribution in [-0.2, 0) is 0 Å². The van der Waals surface area contributed by atoms with Crippen LogP contribution < -0.4 is 4.74 Å². The Kier molecular flexibility index (Phi) is 2.44. The van der Waals surface area contributed by atoms with E-state index in [9.17, 15) is 0 Å². The zero-order valence-corrected chi connectivity index (χ0v) is 9.71. The van der Waals surface area contributed by atoms with Crippen LogP contribution in [0.1, 0.15) is 12.0 Å². The molecular weight excluding hydrogens is 212 g/mol. The highest BCUT2D eigenvalue weighted by Gasteiger charge is 2.24. The van der Waals surface area contributed by atoms with Crippen LogP contribution in [0, 0.1) is 0 Å². The number of hydrogen-bond donors (Lipinski definition) is 0. The second-order valence-electron chi connectivity index (χ2n) is 4.15. The van der Waals surface area contributed by atoms with Crippen molar-refractivity contribution in [3.63, 3.8) is 0 Å². The summed E-state index contributed by atoms with van der Waals surface area (Å²) in [5.74, 6) is 0.880. The van der Waals surface area contributed by atoms with Crippen molar-refractivity contribution in [2.24, 2.45) is 5.10 Å². The van der Waals surface area contributed by atoms with Gasteiger partial charge in [0.05, 0.1) is 18.9 Å². The molecule has 2 heterocycles. The van der Waals surface area contributed by atoms with E-state index in [1.807, 2.05) is 29.4 Å². The molecule has 3 nitrogen and oxygen atoms in total. The predicted molar refractivity (Wildman–Crippen MR) is 68.1 cm³/mol. The molecule has 0 fully saturated rings. The SMILES string of the molecule is COc1ccc(C2=NN3C=CC=CC3C2)cc1. The molecule has 0 amide bonds. The minimum atomic E-state index is 0.386. The summed E-state index contributed by atoms with van der Waals surface area (Å²) in [6.45, 7) is 0. The molecule has 2 aliphatic heterocycles. The molecule has 0 aromatic heterocycles. The summed E-state index contributed by atoms with van der Waals surface area (Å²) in [5, 5.41) is 6.62. The summed E-state index contributed by atoms with van der Waals surface area (Å²) in [6, 6.07) is 8.45. The average molecular weight is 226 g/mol. The van der Waals surface area contributed by atoms with Crippen molar-refractivity contribution in [2.45, 2.75) is 12.5 Å². The first kappa shape index (κ1) is 10.1. The number of methoxy groups -OCH3 is 1. The molecule has 2 aliphatic rings. The molecule has 1 aromatic rings. The highest BCUT2D eigenvalue weighted by Crippen LogP contribution is 2.24. The van der Waals surface area contributed by atoms with Gasteiger partial charge in [-0.05, 0) is 35.9 Å². The number of hydrazone groups is 1. The molecule has 3 rings (SSSR count). The zero-order chi connectivity index (χ0) is 11.7. The first-order valence-corrected chi connectivity index (χ1v) is 5.72. The van der Waals surface area contributed by atoms with E-state index in [4.69, 9.17) is 4.74 Å². The van der Waals surface area contributed by atoms with Gasteiger partial charge in [-0.25, -0.2) is 0 Å². The maximum atomic E-state index is 5.15. The third-order valence-corrected chi connectivity index (χ3v) is 3.08. The summed E-state index contributed by atoms with van der Waals surface area (Å²) >= 11 is 0. The van der Waals surface area contributed by atoms with Crippen LogP contribution in [0.25, 0.3) is 0 Å². The van der Waals surface area contributed by atoms with Gasteiger partial charge in [-0.15, -0.1) is 0 Å². The molecule has 0 spiro atoms.